The third kappa shape index (κ3) is 6.75. The van der Waals surface area contributed by atoms with E-state index in [4.69, 9.17) is 4.74 Å². The number of alkyl halides is 3. The summed E-state index contributed by atoms with van der Waals surface area (Å²) in [4.78, 5) is 50.4. The molecule has 2 N–H and O–H groups in total. The highest BCUT2D eigenvalue weighted by molar-refractivity contribution is 6.43. The number of amides is 2. The van der Waals surface area contributed by atoms with Crippen LogP contribution in [0.4, 0.5) is 23.2 Å². The van der Waals surface area contributed by atoms with Gasteiger partial charge in [0.05, 0.1) is 22.6 Å². The Morgan fingerprint density at radius 2 is 1.68 bits per heavy atom. The lowest BCUT2D eigenvalue weighted by Crippen LogP contribution is -2.50. The van der Waals surface area contributed by atoms with Gasteiger partial charge in [0.15, 0.2) is 0 Å². The van der Waals surface area contributed by atoms with Crippen LogP contribution in [0.5, 0.6) is 0 Å². The molecule has 2 rings (SSSR count). The van der Waals surface area contributed by atoms with Crippen LogP contribution in [-0.2, 0) is 27.5 Å². The number of anilines is 1. The van der Waals surface area contributed by atoms with Gasteiger partial charge in [0.1, 0.15) is 18.1 Å². The average Bonchev–Trinajstić information content (AvgIpc) is 2.99. The maximum Gasteiger partial charge on any atom is 0.419 e. The number of rotatable bonds is 8. The number of ketones is 1. The fourth-order valence-electron chi connectivity index (χ4n) is 3.58. The van der Waals surface area contributed by atoms with Crippen LogP contribution in [0.25, 0.3) is 0 Å². The van der Waals surface area contributed by atoms with Crippen LogP contribution in [0.1, 0.15) is 65.4 Å². The van der Waals surface area contributed by atoms with Gasteiger partial charge in [-0.25, -0.2) is 4.39 Å². The lowest BCUT2D eigenvalue weighted by molar-refractivity contribution is -0.149. The van der Waals surface area contributed by atoms with E-state index in [9.17, 15) is 36.7 Å². The van der Waals surface area contributed by atoms with Gasteiger partial charge in [0.2, 0.25) is 0 Å². The normalized spacial score (nSPS) is 11.9. The molecule has 0 unspecified atom stereocenters. The van der Waals surface area contributed by atoms with Gasteiger partial charge in [0.25, 0.3) is 17.6 Å². The molecule has 0 aliphatic carbocycles. The Labute approximate surface area is 211 Å². The van der Waals surface area contributed by atoms with E-state index in [1.807, 2.05) is 0 Å². The minimum atomic E-state index is -4.96. The molecule has 0 saturated carbocycles. The SMILES string of the molecule is Cc1c(C(=O)C(=O)NC(C)(C)COC(=O)C(C)C)c(C)n(C)c1C(=O)Nc1ccc(F)c(C(F)(F)F)c1. The molecule has 2 amide bonds. The summed E-state index contributed by atoms with van der Waals surface area (Å²) in [7, 11) is 1.45. The predicted molar refractivity (Wildman–Crippen MR) is 127 cm³/mol. The lowest BCUT2D eigenvalue weighted by atomic mass is 10.0. The van der Waals surface area contributed by atoms with Crippen molar-refractivity contribution in [3.63, 3.8) is 0 Å². The highest BCUT2D eigenvalue weighted by atomic mass is 19.4. The number of benzene rings is 1. The highest BCUT2D eigenvalue weighted by Gasteiger charge is 2.35. The molecular weight excluding hydrogens is 498 g/mol. The number of carbonyl (C=O) groups is 4. The Bertz CT molecular complexity index is 1250. The molecule has 0 aliphatic heterocycles. The molecule has 202 valence electrons. The molecule has 0 bridgehead atoms. The summed E-state index contributed by atoms with van der Waals surface area (Å²) in [6.07, 6.45) is -4.96. The van der Waals surface area contributed by atoms with Gasteiger partial charge in [-0.2, -0.15) is 13.2 Å². The second-order valence-corrected chi connectivity index (χ2v) is 9.57. The Balaban J connectivity index is 2.28. The zero-order valence-electron chi connectivity index (χ0n) is 21.5. The largest absolute Gasteiger partial charge is 0.463 e. The van der Waals surface area contributed by atoms with Crippen molar-refractivity contribution in [1.29, 1.82) is 0 Å². The molecule has 1 heterocycles. The number of hydrogen-bond donors (Lipinski definition) is 2. The third-order valence-electron chi connectivity index (χ3n) is 5.61. The van der Waals surface area contributed by atoms with E-state index in [1.54, 1.807) is 27.7 Å². The first kappa shape index (κ1) is 29.5. The van der Waals surface area contributed by atoms with Crippen molar-refractivity contribution in [2.75, 3.05) is 11.9 Å². The molecular formula is C25H29F4N3O5. The highest BCUT2D eigenvalue weighted by Crippen LogP contribution is 2.33. The van der Waals surface area contributed by atoms with E-state index in [0.717, 1.165) is 6.07 Å². The van der Waals surface area contributed by atoms with Crippen molar-refractivity contribution in [1.82, 2.24) is 9.88 Å². The molecule has 1 aromatic heterocycles. The van der Waals surface area contributed by atoms with Gasteiger partial charge in [-0.1, -0.05) is 13.8 Å². The maximum absolute atomic E-state index is 13.6. The second-order valence-electron chi connectivity index (χ2n) is 9.57. The van der Waals surface area contributed by atoms with E-state index < -0.39 is 46.7 Å². The summed E-state index contributed by atoms with van der Waals surface area (Å²) in [5.41, 5.74) is -2.67. The van der Waals surface area contributed by atoms with Gasteiger partial charge in [-0.05, 0) is 51.5 Å². The number of aromatic nitrogens is 1. The molecule has 0 spiro atoms. The van der Waals surface area contributed by atoms with E-state index in [-0.39, 0.29) is 40.7 Å². The summed E-state index contributed by atoms with van der Waals surface area (Å²) < 4.78 is 59.1. The van der Waals surface area contributed by atoms with Crippen LogP contribution in [0.15, 0.2) is 18.2 Å². The fourth-order valence-corrected chi connectivity index (χ4v) is 3.58. The standard InChI is InChI=1S/C25H29F4N3O5/c1-12(2)23(36)37-11-24(5,6)31-22(35)20(33)18-13(3)19(32(7)14(18)4)21(34)30-15-8-9-17(26)16(10-15)25(27,28)29/h8-10,12H,11H2,1-7H3,(H,30,34)(H,31,35). The maximum atomic E-state index is 13.6. The molecule has 2 aromatic rings. The Morgan fingerprint density at radius 3 is 2.22 bits per heavy atom. The first-order valence-corrected chi connectivity index (χ1v) is 11.2. The molecule has 0 aliphatic rings. The molecule has 1 aromatic carbocycles. The number of esters is 1. The predicted octanol–water partition coefficient (Wildman–Crippen LogP) is 4.33. The molecule has 0 radical (unpaired) electrons. The molecule has 0 atom stereocenters. The first-order chi connectivity index (χ1) is 16.9. The number of nitrogens with one attached hydrogen (secondary N) is 2. The zero-order valence-corrected chi connectivity index (χ0v) is 21.5. The number of nitrogens with zero attached hydrogens (tertiary/aromatic N) is 1. The minimum Gasteiger partial charge on any atom is -0.463 e. The van der Waals surface area contributed by atoms with Crippen molar-refractivity contribution in [3.05, 3.63) is 52.1 Å². The quantitative estimate of drug-likeness (QED) is 0.230. The number of Topliss-reactive ketones (excluding diaryl/α,β-unsaturated/α-hetero) is 1. The Hall–Kier alpha value is -3.70. The van der Waals surface area contributed by atoms with Crippen molar-refractivity contribution in [2.45, 2.75) is 53.3 Å². The first-order valence-electron chi connectivity index (χ1n) is 11.2. The van der Waals surface area contributed by atoms with E-state index >= 15 is 0 Å². The molecule has 0 fully saturated rings. The van der Waals surface area contributed by atoms with Crippen molar-refractivity contribution in [3.8, 4) is 0 Å². The fraction of sp³-hybridized carbons (Fsp3) is 0.440. The monoisotopic (exact) mass is 527 g/mol. The molecule has 0 saturated heterocycles. The van der Waals surface area contributed by atoms with Gasteiger partial charge in [0, 0.05) is 18.4 Å². The summed E-state index contributed by atoms with van der Waals surface area (Å²) in [6, 6.07) is 2.02. The number of ether oxygens (including phenoxy) is 1. The van der Waals surface area contributed by atoms with Crippen LogP contribution < -0.4 is 10.6 Å². The van der Waals surface area contributed by atoms with E-state index in [2.05, 4.69) is 10.6 Å². The third-order valence-corrected chi connectivity index (χ3v) is 5.61. The van der Waals surface area contributed by atoms with Gasteiger partial charge >= 0.3 is 12.1 Å². The van der Waals surface area contributed by atoms with Crippen LogP contribution in [0.2, 0.25) is 0 Å². The lowest BCUT2D eigenvalue weighted by Gasteiger charge is -2.25. The molecule has 12 heteroatoms. The average molecular weight is 528 g/mol. The zero-order chi connectivity index (χ0) is 28.5. The summed E-state index contributed by atoms with van der Waals surface area (Å²) in [6.45, 7) is 9.17. The van der Waals surface area contributed by atoms with Crippen molar-refractivity contribution >= 4 is 29.3 Å². The van der Waals surface area contributed by atoms with E-state index in [0.29, 0.717) is 12.1 Å². The number of carbonyl (C=O) groups excluding carboxylic acids is 4. The summed E-state index contributed by atoms with van der Waals surface area (Å²) >= 11 is 0. The van der Waals surface area contributed by atoms with Gasteiger partial charge < -0.3 is 19.9 Å². The topological polar surface area (TPSA) is 106 Å². The molecule has 37 heavy (non-hydrogen) atoms. The number of halogens is 4. The summed E-state index contributed by atoms with van der Waals surface area (Å²) in [5.74, 6) is -5.14. The number of hydrogen-bond acceptors (Lipinski definition) is 5. The second kappa shape index (κ2) is 10.7. The summed E-state index contributed by atoms with van der Waals surface area (Å²) in [5, 5.41) is 4.79. The van der Waals surface area contributed by atoms with Gasteiger partial charge in [-0.15, -0.1) is 0 Å². The van der Waals surface area contributed by atoms with Crippen LogP contribution in [-0.4, -0.2) is 40.3 Å². The minimum absolute atomic E-state index is 0.0600. The molecule has 8 nitrogen and oxygen atoms in total. The Kier molecular flexibility index (Phi) is 8.57. The van der Waals surface area contributed by atoms with Gasteiger partial charge in [-0.3, -0.25) is 19.2 Å². The smallest absolute Gasteiger partial charge is 0.419 e. The Morgan fingerprint density at radius 1 is 1.08 bits per heavy atom. The van der Waals surface area contributed by atoms with Crippen molar-refractivity contribution in [2.24, 2.45) is 13.0 Å². The van der Waals surface area contributed by atoms with Crippen molar-refractivity contribution < 1.29 is 41.5 Å². The van der Waals surface area contributed by atoms with Crippen LogP contribution in [0.3, 0.4) is 0 Å². The van der Waals surface area contributed by atoms with E-state index in [1.165, 1.54) is 25.5 Å². The van der Waals surface area contributed by atoms with Crippen LogP contribution in [0, 0.1) is 25.6 Å². The van der Waals surface area contributed by atoms with Crippen LogP contribution >= 0.6 is 0 Å².